The molecule has 4 heteroatoms. The fourth-order valence-electron chi connectivity index (χ4n) is 1.30. The molecule has 0 bridgehead atoms. The summed E-state index contributed by atoms with van der Waals surface area (Å²) in [5, 5.41) is 10.9. The maximum Gasteiger partial charge on any atom is 0.0814 e. The third-order valence-corrected chi connectivity index (χ3v) is 2.68. The lowest BCUT2D eigenvalue weighted by Crippen LogP contribution is -2.20. The Morgan fingerprint density at radius 1 is 1.31 bits per heavy atom. The van der Waals surface area contributed by atoms with Crippen molar-refractivity contribution in [2.24, 2.45) is 0 Å². The first-order valence-electron chi connectivity index (χ1n) is 5.22. The highest BCUT2D eigenvalue weighted by Gasteiger charge is 2.09. The van der Waals surface area contributed by atoms with Gasteiger partial charge in [-0.15, -0.1) is 0 Å². The Bertz CT molecular complexity index is 340. The van der Waals surface area contributed by atoms with Gasteiger partial charge in [-0.1, -0.05) is 29.3 Å². The first-order valence-corrected chi connectivity index (χ1v) is 5.98. The van der Waals surface area contributed by atoms with Crippen LogP contribution in [0.1, 0.15) is 19.4 Å². The van der Waals surface area contributed by atoms with E-state index in [1.807, 2.05) is 19.9 Å². The molecule has 1 atom stereocenters. The van der Waals surface area contributed by atoms with E-state index in [1.54, 1.807) is 12.1 Å². The lowest BCUT2D eigenvalue weighted by molar-refractivity contribution is 0.00622. The molecule has 0 fully saturated rings. The average Bonchev–Trinajstić information content (AvgIpc) is 2.19. The van der Waals surface area contributed by atoms with Crippen LogP contribution >= 0.6 is 23.2 Å². The number of halogens is 2. The summed E-state index contributed by atoms with van der Waals surface area (Å²) in [5.41, 5.74) is 0.880. The number of rotatable bonds is 5. The van der Waals surface area contributed by atoms with E-state index in [2.05, 4.69) is 0 Å². The van der Waals surface area contributed by atoms with Gasteiger partial charge < -0.3 is 9.84 Å². The highest BCUT2D eigenvalue weighted by atomic mass is 35.5. The van der Waals surface area contributed by atoms with Gasteiger partial charge in [0.2, 0.25) is 0 Å². The zero-order valence-electron chi connectivity index (χ0n) is 9.41. The van der Waals surface area contributed by atoms with E-state index in [0.29, 0.717) is 23.1 Å². The van der Waals surface area contributed by atoms with E-state index in [9.17, 15) is 5.11 Å². The highest BCUT2D eigenvalue weighted by molar-refractivity contribution is 6.35. The van der Waals surface area contributed by atoms with Crippen molar-refractivity contribution in [2.75, 3.05) is 6.61 Å². The molecular weight excluding hydrogens is 247 g/mol. The third kappa shape index (κ3) is 4.71. The van der Waals surface area contributed by atoms with Crippen molar-refractivity contribution in [3.05, 3.63) is 33.8 Å². The summed E-state index contributed by atoms with van der Waals surface area (Å²) in [4.78, 5) is 0. The second-order valence-corrected chi connectivity index (χ2v) is 4.82. The van der Waals surface area contributed by atoms with Crippen LogP contribution in [-0.4, -0.2) is 23.9 Å². The Morgan fingerprint density at radius 3 is 2.56 bits per heavy atom. The molecule has 16 heavy (non-hydrogen) atoms. The van der Waals surface area contributed by atoms with Crippen LogP contribution in [0.5, 0.6) is 0 Å². The van der Waals surface area contributed by atoms with E-state index >= 15 is 0 Å². The van der Waals surface area contributed by atoms with E-state index in [1.165, 1.54) is 0 Å². The Kier molecular flexibility index (Phi) is 5.56. The zero-order valence-corrected chi connectivity index (χ0v) is 10.9. The van der Waals surface area contributed by atoms with Gasteiger partial charge in [0.15, 0.2) is 0 Å². The van der Waals surface area contributed by atoms with Crippen LogP contribution in [0.25, 0.3) is 0 Å². The van der Waals surface area contributed by atoms with Gasteiger partial charge in [0, 0.05) is 16.5 Å². The predicted molar refractivity (Wildman–Crippen MR) is 67.3 cm³/mol. The first-order chi connectivity index (χ1) is 7.49. The van der Waals surface area contributed by atoms with Gasteiger partial charge in [-0.3, -0.25) is 0 Å². The summed E-state index contributed by atoms with van der Waals surface area (Å²) in [7, 11) is 0. The van der Waals surface area contributed by atoms with Gasteiger partial charge in [0.25, 0.3) is 0 Å². The molecule has 2 nitrogen and oxygen atoms in total. The largest absolute Gasteiger partial charge is 0.390 e. The topological polar surface area (TPSA) is 29.5 Å². The van der Waals surface area contributed by atoms with Gasteiger partial charge >= 0.3 is 0 Å². The lowest BCUT2D eigenvalue weighted by atomic mass is 10.1. The molecule has 0 saturated heterocycles. The van der Waals surface area contributed by atoms with Crippen LogP contribution in [0.3, 0.4) is 0 Å². The van der Waals surface area contributed by atoms with Crippen LogP contribution in [0.15, 0.2) is 18.2 Å². The van der Waals surface area contributed by atoms with Crippen molar-refractivity contribution in [3.63, 3.8) is 0 Å². The van der Waals surface area contributed by atoms with Crippen LogP contribution in [-0.2, 0) is 11.2 Å². The fourth-order valence-corrected chi connectivity index (χ4v) is 1.79. The monoisotopic (exact) mass is 262 g/mol. The molecule has 0 saturated carbocycles. The van der Waals surface area contributed by atoms with Gasteiger partial charge in [-0.25, -0.2) is 0 Å². The Morgan fingerprint density at radius 2 is 2.00 bits per heavy atom. The van der Waals surface area contributed by atoms with Gasteiger partial charge in [-0.05, 0) is 31.5 Å². The number of benzene rings is 1. The predicted octanol–water partition coefficient (Wildman–Crippen LogP) is 3.32. The normalized spacial score (nSPS) is 13.1. The van der Waals surface area contributed by atoms with Gasteiger partial charge in [-0.2, -0.15) is 0 Å². The number of aliphatic hydroxyl groups is 1. The quantitative estimate of drug-likeness (QED) is 0.883. The summed E-state index contributed by atoms with van der Waals surface area (Å²) in [6.45, 7) is 4.18. The Hall–Kier alpha value is -0.280. The molecule has 1 aromatic carbocycles. The molecule has 0 spiro atoms. The van der Waals surface area contributed by atoms with E-state index in [-0.39, 0.29) is 6.10 Å². The third-order valence-electron chi connectivity index (χ3n) is 2.09. The SMILES string of the molecule is CC(C)OCC(O)Cc1ccc(Cl)cc1Cl. The standard InChI is InChI=1S/C12H16Cl2O2/c1-8(2)16-7-11(15)5-9-3-4-10(13)6-12(9)14/h3-4,6,8,11,15H,5,7H2,1-2H3. The zero-order chi connectivity index (χ0) is 12.1. The molecule has 1 aromatic rings. The van der Waals surface area contributed by atoms with Crippen LogP contribution in [0, 0.1) is 0 Å². The van der Waals surface area contributed by atoms with Gasteiger partial charge in [0.05, 0.1) is 18.8 Å². The minimum atomic E-state index is -0.541. The smallest absolute Gasteiger partial charge is 0.0814 e. The Balaban J connectivity index is 2.52. The first kappa shape index (κ1) is 13.8. The Labute approximate surface area is 106 Å². The summed E-state index contributed by atoms with van der Waals surface area (Å²) >= 11 is 11.8. The second kappa shape index (κ2) is 6.45. The molecule has 90 valence electrons. The maximum atomic E-state index is 9.73. The number of ether oxygens (including phenoxy) is 1. The summed E-state index contributed by atoms with van der Waals surface area (Å²) in [6, 6.07) is 5.26. The summed E-state index contributed by atoms with van der Waals surface area (Å²) in [6.07, 6.45) is 0.0549. The summed E-state index contributed by atoms with van der Waals surface area (Å²) < 4.78 is 5.32. The van der Waals surface area contributed by atoms with Crippen molar-refractivity contribution >= 4 is 23.2 Å². The molecule has 1 unspecified atom stereocenters. The van der Waals surface area contributed by atoms with Crippen LogP contribution in [0.4, 0.5) is 0 Å². The van der Waals surface area contributed by atoms with Crippen molar-refractivity contribution in [1.29, 1.82) is 0 Å². The average molecular weight is 263 g/mol. The van der Waals surface area contributed by atoms with Crippen molar-refractivity contribution in [3.8, 4) is 0 Å². The van der Waals surface area contributed by atoms with Crippen molar-refractivity contribution in [2.45, 2.75) is 32.5 Å². The molecular formula is C12H16Cl2O2. The molecule has 1 rings (SSSR count). The fraction of sp³-hybridized carbons (Fsp3) is 0.500. The molecule has 0 heterocycles. The van der Waals surface area contributed by atoms with E-state index in [4.69, 9.17) is 27.9 Å². The van der Waals surface area contributed by atoms with Gasteiger partial charge in [0.1, 0.15) is 0 Å². The summed E-state index contributed by atoms with van der Waals surface area (Å²) in [5.74, 6) is 0. The molecule has 0 aromatic heterocycles. The second-order valence-electron chi connectivity index (χ2n) is 3.98. The molecule has 0 aliphatic rings. The lowest BCUT2D eigenvalue weighted by Gasteiger charge is -2.14. The minimum Gasteiger partial charge on any atom is -0.390 e. The number of hydrogen-bond donors (Lipinski definition) is 1. The molecule has 0 aliphatic carbocycles. The molecule has 0 amide bonds. The van der Waals surface area contributed by atoms with E-state index in [0.717, 1.165) is 5.56 Å². The molecule has 0 radical (unpaired) electrons. The highest BCUT2D eigenvalue weighted by Crippen LogP contribution is 2.22. The number of aliphatic hydroxyl groups excluding tert-OH is 1. The van der Waals surface area contributed by atoms with Crippen LogP contribution in [0.2, 0.25) is 10.0 Å². The van der Waals surface area contributed by atoms with Crippen LogP contribution < -0.4 is 0 Å². The van der Waals surface area contributed by atoms with Crippen molar-refractivity contribution in [1.82, 2.24) is 0 Å². The molecule has 0 aliphatic heterocycles. The minimum absolute atomic E-state index is 0.121. The van der Waals surface area contributed by atoms with Crippen molar-refractivity contribution < 1.29 is 9.84 Å². The maximum absolute atomic E-state index is 9.73. The molecule has 1 N–H and O–H groups in total. The number of hydrogen-bond acceptors (Lipinski definition) is 2. The van der Waals surface area contributed by atoms with E-state index < -0.39 is 6.10 Å².